The maximum Gasteiger partial charge on any atom is 0.417 e. The van der Waals surface area contributed by atoms with Gasteiger partial charge in [0.05, 0.1) is 109 Å². The number of carbonyl (C=O) groups excluding carboxylic acids is 5. The Morgan fingerprint density at radius 2 is 1.05 bits per heavy atom. The average Bonchev–Trinajstić information content (AvgIpc) is 1.64. The van der Waals surface area contributed by atoms with E-state index in [-0.39, 0.29) is 49.3 Å². The zero-order chi connectivity index (χ0) is 83.1. The van der Waals surface area contributed by atoms with Crippen molar-refractivity contribution in [2.24, 2.45) is 40.3 Å². The maximum absolute atomic E-state index is 12.9. The van der Waals surface area contributed by atoms with Crippen LogP contribution in [0.1, 0.15) is 134 Å². The van der Waals surface area contributed by atoms with Gasteiger partial charge < -0.3 is 93.5 Å². The number of ether oxygens (including phenoxy) is 9. The molecule has 30 nitrogen and oxygen atoms in total. The monoisotopic (exact) mass is 1740 g/mol. The molecule has 5 saturated heterocycles. The molecular formula is C81H132ClFIN15O15. The van der Waals surface area contributed by atoms with Gasteiger partial charge in [-0.2, -0.15) is 10.2 Å². The zero-order valence-corrected chi connectivity index (χ0v) is 72.5. The van der Waals surface area contributed by atoms with Crippen molar-refractivity contribution < 1.29 is 76.1 Å². The Morgan fingerprint density at radius 3 is 1.54 bits per heavy atom. The smallest absolute Gasteiger partial charge is 0.417 e. The van der Waals surface area contributed by atoms with Gasteiger partial charge >= 0.3 is 30.5 Å². The fraction of sp³-hybridized carbons (Fsp3) is 0.679. The number of benzene rings is 2. The van der Waals surface area contributed by atoms with Gasteiger partial charge in [0.2, 0.25) is 0 Å². The van der Waals surface area contributed by atoms with Crippen LogP contribution in [-0.4, -0.2) is 262 Å². The molecule has 0 radical (unpaired) electrons. The van der Waals surface area contributed by atoms with Gasteiger partial charge in [0, 0.05) is 156 Å². The first-order chi connectivity index (χ1) is 53.5. The van der Waals surface area contributed by atoms with Crippen molar-refractivity contribution in [3.05, 3.63) is 92.9 Å². The number of amides is 5. The molecule has 8 aliphatic heterocycles. The minimum Gasteiger partial charge on any atom is -0.444 e. The van der Waals surface area contributed by atoms with E-state index in [0.717, 1.165) is 138 Å². The Bertz CT molecular complexity index is 3640. The minimum atomic E-state index is -0.663. The number of aromatic nitrogens is 4. The molecule has 33 heteroatoms. The van der Waals surface area contributed by atoms with Gasteiger partial charge in [-0.25, -0.2) is 28.4 Å². The summed E-state index contributed by atoms with van der Waals surface area (Å²) in [6.07, 6.45) is 9.29. The standard InChI is InChI=1S/C17H28N4O3.C13H9ClFNO2.C12H20N4O.C11H18IN3O2.C11H21NO3.C10H19NO3.C6H13NO.CH4/c1-17(2,3)24-16(22)20-7-8-21-15(11-20)14(9-18-21)19-6-5-13(10-19)12-23-4;14-11-8-9(6-7-12(11)15)16-13(17)18-10-4-2-1-3-5-10;1-17-9-10-2-4-15(8-10)11-7-14-16-5-3-13-6-12(11)16;1-11(2,3)17-10(16)15-5-4-14-9(7-15)8(12)6-13;1-11(2,3)15-10(13)12-6-5-9(7-12)8-14-4;1-10(2,3)14-9(13)11-5-4-8(6-11)7-12;1-8-5-6-2-3-7-4-6;/h9,13H,5-8,10-12H2,1-4H3;1-8H,(H,16,17);7,10,13H,2-6,8-9H2,1H3;6H,4-5,7,13H2,1-3H3;9H,5-8H2,1-4H3;8,12H,4-7H2,1-3H3;6-7H,2-5H2,1H3;1H4. The molecule has 0 aliphatic carbocycles. The Hall–Kier alpha value is -7.31. The van der Waals surface area contributed by atoms with Crippen LogP contribution in [0.3, 0.4) is 0 Å². The molecule has 4 aromatic rings. The third-order valence-corrected chi connectivity index (χ3v) is 19.9. The van der Waals surface area contributed by atoms with E-state index < -0.39 is 34.3 Å². The fourth-order valence-electron chi connectivity index (χ4n) is 13.2. The summed E-state index contributed by atoms with van der Waals surface area (Å²) in [6, 6.07) is 12.5. The highest BCUT2D eigenvalue weighted by Crippen LogP contribution is 2.32. The number of methoxy groups -OCH3 is 4. The van der Waals surface area contributed by atoms with Gasteiger partial charge in [0.25, 0.3) is 0 Å². The van der Waals surface area contributed by atoms with Crippen molar-refractivity contribution in [3.63, 3.8) is 0 Å². The summed E-state index contributed by atoms with van der Waals surface area (Å²) in [5.74, 6) is 2.58. The SMILES string of the molecule is C.CC(C)(C)OC(=O)N1CCC(CO)C1.CC(C)(C)OC(=O)N1CCN=C(C(I)=CN)C1.COCC1CCN(C(=O)OC(C)(C)C)C1.COCC1CCN(c2cnn3c2CN(C(=O)OC(C)(C)C)CC3)C1.COCC1CCN(c2cnn3c2CNCC3)C1.COCC1CCNC1.O=C(Nc1ccc(F)c(Cl)c1)Oc1ccccc1. The van der Waals surface area contributed by atoms with Crippen molar-refractivity contribution in [1.82, 2.24) is 49.8 Å². The summed E-state index contributed by atoms with van der Waals surface area (Å²) in [7, 11) is 6.99. The number of para-hydroxylation sites is 1. The van der Waals surface area contributed by atoms with E-state index in [9.17, 15) is 28.4 Å². The second-order valence-electron chi connectivity index (χ2n) is 32.9. The predicted molar refractivity (Wildman–Crippen MR) is 451 cm³/mol. The third-order valence-electron chi connectivity index (χ3n) is 18.6. The number of fused-ring (bicyclic) bond motifs is 2. The molecule has 2 aromatic heterocycles. The highest BCUT2D eigenvalue weighted by Gasteiger charge is 2.35. The number of hydrogen-bond acceptors (Lipinski definition) is 23. The lowest BCUT2D eigenvalue weighted by molar-refractivity contribution is 0.0192. The number of nitrogens with one attached hydrogen (secondary N) is 3. The number of aliphatic imine (C=N–C) groups is 1. The molecule has 114 heavy (non-hydrogen) atoms. The third kappa shape index (κ3) is 34.5. The van der Waals surface area contributed by atoms with Crippen molar-refractivity contribution in [1.29, 1.82) is 0 Å². The second-order valence-corrected chi connectivity index (χ2v) is 34.5. The van der Waals surface area contributed by atoms with Crippen molar-refractivity contribution >= 4 is 87.4 Å². The lowest BCUT2D eigenvalue weighted by Gasteiger charge is -2.31. The molecular weight excluding hydrogens is 1600 g/mol. The first kappa shape index (κ1) is 97.3. The van der Waals surface area contributed by atoms with E-state index in [1.54, 1.807) is 72.3 Å². The highest BCUT2D eigenvalue weighted by atomic mass is 127. The van der Waals surface area contributed by atoms with Crippen LogP contribution in [-0.2, 0) is 64.1 Å². The molecule has 0 bridgehead atoms. The molecule has 10 heterocycles. The van der Waals surface area contributed by atoms with E-state index in [1.165, 1.54) is 55.2 Å². The van der Waals surface area contributed by atoms with Crippen LogP contribution >= 0.6 is 34.2 Å². The fourth-order valence-corrected chi connectivity index (χ4v) is 13.7. The van der Waals surface area contributed by atoms with Crippen molar-refractivity contribution in [2.45, 2.75) is 171 Å². The lowest BCUT2D eigenvalue weighted by atomic mass is 10.1. The maximum atomic E-state index is 12.9. The molecule has 2 aromatic carbocycles. The van der Waals surface area contributed by atoms with E-state index >= 15 is 0 Å². The molecule has 6 N–H and O–H groups in total. The summed E-state index contributed by atoms with van der Waals surface area (Å²) in [5.41, 5.74) is 9.76. The van der Waals surface area contributed by atoms with Crippen LogP contribution in [0.25, 0.3) is 0 Å². The van der Waals surface area contributed by atoms with E-state index in [4.69, 9.17) is 65.1 Å². The Balaban J connectivity index is 0.000000241. The van der Waals surface area contributed by atoms with E-state index in [0.29, 0.717) is 81.5 Å². The number of aliphatic hydroxyl groups is 1. The summed E-state index contributed by atoms with van der Waals surface area (Å²) in [5, 5.41) is 27.0. The van der Waals surface area contributed by atoms with Crippen LogP contribution in [0.5, 0.6) is 5.75 Å². The first-order valence-electron chi connectivity index (χ1n) is 39.1. The van der Waals surface area contributed by atoms with Crippen molar-refractivity contribution in [2.75, 3.05) is 175 Å². The Labute approximate surface area is 694 Å². The summed E-state index contributed by atoms with van der Waals surface area (Å²) < 4.78 is 64.9. The summed E-state index contributed by atoms with van der Waals surface area (Å²) in [6.45, 7) is 41.8. The number of rotatable bonds is 14. The number of likely N-dealkylation sites (tertiary alicyclic amines) is 2. The van der Waals surface area contributed by atoms with Gasteiger partial charge in [-0.15, -0.1) is 0 Å². The van der Waals surface area contributed by atoms with Gasteiger partial charge in [0.1, 0.15) is 34.0 Å². The minimum absolute atomic E-state index is 0. The van der Waals surface area contributed by atoms with Gasteiger partial charge in [-0.1, -0.05) is 37.2 Å². The molecule has 8 aliphatic rings. The first-order valence-corrected chi connectivity index (χ1v) is 40.6. The van der Waals surface area contributed by atoms with Crippen LogP contribution in [0, 0.1) is 35.4 Å². The molecule has 0 saturated carbocycles. The Morgan fingerprint density at radius 1 is 0.579 bits per heavy atom. The quantitative estimate of drug-likeness (QED) is 0.0578. The summed E-state index contributed by atoms with van der Waals surface area (Å²) >= 11 is 7.70. The van der Waals surface area contributed by atoms with E-state index in [1.807, 2.05) is 106 Å². The molecule has 0 spiro atoms. The van der Waals surface area contributed by atoms with E-state index in [2.05, 4.69) is 68.2 Å². The number of halogens is 3. The zero-order valence-electron chi connectivity index (χ0n) is 69.5. The molecule has 5 fully saturated rings. The van der Waals surface area contributed by atoms with Crippen LogP contribution in [0.4, 0.5) is 45.4 Å². The number of nitrogens with zero attached hydrogens (tertiary/aromatic N) is 11. The van der Waals surface area contributed by atoms with Gasteiger partial charge in [0.15, 0.2) is 0 Å². The predicted octanol–water partition coefficient (Wildman–Crippen LogP) is 12.6. The normalized spacial score (nSPS) is 19.9. The molecule has 642 valence electrons. The van der Waals surface area contributed by atoms with Gasteiger partial charge in [-0.3, -0.25) is 19.7 Å². The number of hydrogen-bond donors (Lipinski definition) is 5. The largest absolute Gasteiger partial charge is 0.444 e. The molecule has 5 unspecified atom stereocenters. The summed E-state index contributed by atoms with van der Waals surface area (Å²) in [4.78, 5) is 74.9. The highest BCUT2D eigenvalue weighted by molar-refractivity contribution is 14.1. The number of carbonyl (C=O) groups is 5. The average molecular weight is 1740 g/mol. The Kier molecular flexibility index (Phi) is 40.8. The molecule has 5 amide bonds. The number of aliphatic hydroxyl groups excluding tert-OH is 1. The van der Waals surface area contributed by atoms with Gasteiger partial charge in [-0.05, 0) is 181 Å². The topological polar surface area (TPSA) is 318 Å². The lowest BCUT2D eigenvalue weighted by Crippen LogP contribution is -2.43. The van der Waals surface area contributed by atoms with Crippen LogP contribution < -0.4 is 36.2 Å². The number of nitrogens with two attached hydrogens (primary N) is 1. The number of anilines is 3. The second kappa shape index (κ2) is 47.8. The van der Waals surface area contributed by atoms with Crippen LogP contribution in [0.15, 0.2) is 75.7 Å². The molecule has 12 rings (SSSR count). The molecule has 5 atom stereocenters. The van der Waals surface area contributed by atoms with Crippen LogP contribution in [0.2, 0.25) is 5.02 Å². The van der Waals surface area contributed by atoms with Crippen molar-refractivity contribution in [3.8, 4) is 5.75 Å².